The van der Waals surface area contributed by atoms with Gasteiger partial charge in [0.15, 0.2) is 12.4 Å². The van der Waals surface area contributed by atoms with Crippen molar-refractivity contribution < 1.29 is 54.0 Å². The number of rotatable bonds is 6. The molecule has 1 aliphatic rings. The van der Waals surface area contributed by atoms with Gasteiger partial charge in [-0.2, -0.15) is 16.8 Å². The van der Waals surface area contributed by atoms with Crippen molar-refractivity contribution in [2.75, 3.05) is 13.7 Å². The van der Waals surface area contributed by atoms with Gasteiger partial charge in [-0.1, -0.05) is 0 Å². The minimum Gasteiger partial charge on any atom is -0.387 e. The normalized spacial score (nSPS) is 34.8. The lowest BCUT2D eigenvalue weighted by atomic mass is 9.99. The lowest BCUT2D eigenvalue weighted by molar-refractivity contribution is -0.287. The van der Waals surface area contributed by atoms with E-state index < -0.39 is 58.1 Å². The van der Waals surface area contributed by atoms with Gasteiger partial charge in [-0.25, -0.2) is 8.37 Å². The topological polar surface area (TPSA) is 186 Å². The molecule has 5 atom stereocenters. The molecule has 14 heteroatoms. The molecule has 21 heavy (non-hydrogen) atoms. The van der Waals surface area contributed by atoms with Crippen LogP contribution in [0.4, 0.5) is 0 Å². The van der Waals surface area contributed by atoms with E-state index in [9.17, 15) is 27.0 Å². The molecule has 1 aliphatic heterocycles. The standard InChI is InChI=1S/C7H14O12S2/c1-16-7-6(19-21(13,14)15)5(9)4(8)3(18-7)2-17-20(10,11)12/h3-9H,2H2,1H3,(H,10,11,12)(H,13,14,15)/t3-,4-,5+,6-,7+/m1/s1. The molecule has 12 nitrogen and oxygen atoms in total. The second-order valence-electron chi connectivity index (χ2n) is 3.96. The van der Waals surface area contributed by atoms with E-state index in [1.807, 2.05) is 0 Å². The molecule has 0 aromatic rings. The summed E-state index contributed by atoms with van der Waals surface area (Å²) in [7, 11) is -8.75. The van der Waals surface area contributed by atoms with Crippen molar-refractivity contribution in [2.45, 2.75) is 30.7 Å². The van der Waals surface area contributed by atoms with Gasteiger partial charge < -0.3 is 19.7 Å². The number of hydrogen-bond donors (Lipinski definition) is 4. The fourth-order valence-corrected chi connectivity index (χ4v) is 2.42. The Morgan fingerprint density at radius 1 is 1.05 bits per heavy atom. The number of ether oxygens (including phenoxy) is 2. The summed E-state index contributed by atoms with van der Waals surface area (Å²) in [6.45, 7) is -0.879. The van der Waals surface area contributed by atoms with Gasteiger partial charge in [0.2, 0.25) is 0 Å². The molecule has 1 rings (SSSR count). The van der Waals surface area contributed by atoms with Gasteiger partial charge >= 0.3 is 20.8 Å². The molecule has 0 aromatic carbocycles. The van der Waals surface area contributed by atoms with Crippen molar-refractivity contribution in [3.8, 4) is 0 Å². The van der Waals surface area contributed by atoms with E-state index in [1.165, 1.54) is 0 Å². The Morgan fingerprint density at radius 2 is 1.62 bits per heavy atom. The summed E-state index contributed by atoms with van der Waals surface area (Å²) < 4.78 is 76.8. The molecule has 0 radical (unpaired) electrons. The van der Waals surface area contributed by atoms with Crippen LogP contribution in [0.5, 0.6) is 0 Å². The van der Waals surface area contributed by atoms with Crippen LogP contribution >= 0.6 is 0 Å². The molecule has 0 bridgehead atoms. The van der Waals surface area contributed by atoms with Gasteiger partial charge in [0.25, 0.3) is 0 Å². The monoisotopic (exact) mass is 354 g/mol. The van der Waals surface area contributed by atoms with E-state index in [0.717, 1.165) is 7.11 Å². The van der Waals surface area contributed by atoms with Crippen molar-refractivity contribution in [1.82, 2.24) is 0 Å². The van der Waals surface area contributed by atoms with Crippen molar-refractivity contribution in [2.24, 2.45) is 0 Å². The Morgan fingerprint density at radius 3 is 2.05 bits per heavy atom. The molecule has 126 valence electrons. The van der Waals surface area contributed by atoms with Crippen LogP contribution in [0.2, 0.25) is 0 Å². The summed E-state index contributed by atoms with van der Waals surface area (Å²) in [5, 5.41) is 19.4. The fourth-order valence-electron chi connectivity index (χ4n) is 1.63. The SMILES string of the molecule is CO[C@H]1O[C@H](COS(=O)(=O)O)[C@@H](O)[C@H](O)[C@H]1OS(=O)(=O)O. The van der Waals surface area contributed by atoms with Crippen LogP contribution in [0.25, 0.3) is 0 Å². The van der Waals surface area contributed by atoms with Crippen LogP contribution in [0, 0.1) is 0 Å². The first kappa shape index (κ1) is 18.6. The maximum Gasteiger partial charge on any atom is 0.397 e. The highest BCUT2D eigenvalue weighted by Crippen LogP contribution is 2.25. The van der Waals surface area contributed by atoms with Crippen molar-refractivity contribution in [3.63, 3.8) is 0 Å². The van der Waals surface area contributed by atoms with Crippen LogP contribution in [0.3, 0.4) is 0 Å². The second-order valence-corrected chi connectivity index (χ2v) is 6.10. The average molecular weight is 354 g/mol. The zero-order chi connectivity index (χ0) is 16.4. The van der Waals surface area contributed by atoms with Gasteiger partial charge in [0.1, 0.15) is 18.3 Å². The van der Waals surface area contributed by atoms with Crippen LogP contribution in [0.15, 0.2) is 0 Å². The van der Waals surface area contributed by atoms with Gasteiger partial charge in [-0.3, -0.25) is 9.11 Å². The van der Waals surface area contributed by atoms with Gasteiger partial charge in [-0.05, 0) is 0 Å². The molecular weight excluding hydrogens is 340 g/mol. The number of aliphatic hydroxyl groups excluding tert-OH is 2. The molecule has 0 amide bonds. The third-order valence-corrected chi connectivity index (χ3v) is 3.39. The lowest BCUT2D eigenvalue weighted by Crippen LogP contribution is -2.60. The maximum absolute atomic E-state index is 10.6. The van der Waals surface area contributed by atoms with E-state index in [0.29, 0.717) is 0 Å². The van der Waals surface area contributed by atoms with Crippen molar-refractivity contribution in [1.29, 1.82) is 0 Å². The Kier molecular flexibility index (Phi) is 6.01. The van der Waals surface area contributed by atoms with Crippen LogP contribution in [-0.4, -0.2) is 80.6 Å². The van der Waals surface area contributed by atoms with Crippen molar-refractivity contribution >= 4 is 20.8 Å². The fraction of sp³-hybridized carbons (Fsp3) is 1.00. The predicted molar refractivity (Wildman–Crippen MR) is 61.6 cm³/mol. The molecule has 0 aromatic heterocycles. The Bertz CT molecular complexity index is 536. The smallest absolute Gasteiger partial charge is 0.387 e. The molecule has 1 heterocycles. The number of methoxy groups -OCH3 is 1. The Hall–Kier alpha value is -0.420. The molecule has 0 spiro atoms. The van der Waals surface area contributed by atoms with E-state index in [4.69, 9.17) is 13.8 Å². The lowest BCUT2D eigenvalue weighted by Gasteiger charge is -2.40. The third-order valence-electron chi connectivity index (χ3n) is 2.49. The molecule has 1 fully saturated rings. The number of hydrogen-bond acceptors (Lipinski definition) is 10. The largest absolute Gasteiger partial charge is 0.397 e. The first-order chi connectivity index (χ1) is 9.44. The minimum atomic E-state index is -4.97. The molecule has 0 saturated carbocycles. The summed E-state index contributed by atoms with van der Waals surface area (Å²) in [6, 6.07) is 0. The van der Waals surface area contributed by atoms with Gasteiger partial charge in [0.05, 0.1) is 6.61 Å². The van der Waals surface area contributed by atoms with E-state index in [1.54, 1.807) is 0 Å². The van der Waals surface area contributed by atoms with E-state index in [-0.39, 0.29) is 0 Å². The predicted octanol–water partition coefficient (Wildman–Crippen LogP) is -2.91. The Labute approximate surface area is 120 Å². The quantitative estimate of drug-likeness (QED) is 0.357. The molecular formula is C7H14O12S2. The highest BCUT2D eigenvalue weighted by Gasteiger charge is 2.47. The minimum absolute atomic E-state index is 0.879. The molecule has 4 N–H and O–H groups in total. The Balaban J connectivity index is 2.84. The zero-order valence-electron chi connectivity index (χ0n) is 10.5. The van der Waals surface area contributed by atoms with Crippen LogP contribution < -0.4 is 0 Å². The highest BCUT2D eigenvalue weighted by molar-refractivity contribution is 7.81. The van der Waals surface area contributed by atoms with Gasteiger partial charge in [-0.15, -0.1) is 0 Å². The highest BCUT2D eigenvalue weighted by atomic mass is 32.3. The first-order valence-corrected chi connectivity index (χ1v) is 7.99. The summed E-state index contributed by atoms with van der Waals surface area (Å²) in [6.07, 6.45) is -8.61. The summed E-state index contributed by atoms with van der Waals surface area (Å²) >= 11 is 0. The summed E-state index contributed by atoms with van der Waals surface area (Å²) in [5.74, 6) is 0. The summed E-state index contributed by atoms with van der Waals surface area (Å²) in [5.41, 5.74) is 0. The van der Waals surface area contributed by atoms with Crippen LogP contribution in [0.1, 0.15) is 0 Å². The van der Waals surface area contributed by atoms with Gasteiger partial charge in [0, 0.05) is 7.11 Å². The molecule has 1 saturated heterocycles. The molecule has 0 aliphatic carbocycles. The zero-order valence-corrected chi connectivity index (χ0v) is 12.1. The molecule has 0 unspecified atom stereocenters. The third kappa shape index (κ3) is 5.70. The van der Waals surface area contributed by atoms with E-state index in [2.05, 4.69) is 13.1 Å². The first-order valence-electron chi connectivity index (χ1n) is 5.26. The van der Waals surface area contributed by atoms with Crippen LogP contribution in [-0.2, 0) is 38.6 Å². The average Bonchev–Trinajstić information content (AvgIpc) is 2.31. The second kappa shape index (κ2) is 6.78. The summed E-state index contributed by atoms with van der Waals surface area (Å²) in [4.78, 5) is 0. The maximum atomic E-state index is 10.6. The number of aliphatic hydroxyl groups is 2. The van der Waals surface area contributed by atoms with Crippen molar-refractivity contribution in [3.05, 3.63) is 0 Å². The van der Waals surface area contributed by atoms with E-state index >= 15 is 0 Å².